The first-order chi connectivity index (χ1) is 6.61. The summed E-state index contributed by atoms with van der Waals surface area (Å²) in [5.41, 5.74) is 0.584. The molecule has 0 unspecified atom stereocenters. The Balaban J connectivity index is 2.87. The van der Waals surface area contributed by atoms with Gasteiger partial charge in [0.25, 0.3) is 0 Å². The quantitative estimate of drug-likeness (QED) is 0.757. The Morgan fingerprint density at radius 2 is 2.21 bits per heavy atom. The van der Waals surface area contributed by atoms with Crippen LogP contribution in [0.25, 0.3) is 10.1 Å². The Morgan fingerprint density at radius 3 is 2.86 bits per heavy atom. The van der Waals surface area contributed by atoms with Gasteiger partial charge in [0.1, 0.15) is 5.75 Å². The maximum atomic E-state index is 10.8. The van der Waals surface area contributed by atoms with Crippen LogP contribution in [0.5, 0.6) is 5.75 Å². The molecule has 0 radical (unpaired) electrons. The molecule has 0 bridgehead atoms. The fourth-order valence-electron chi connectivity index (χ4n) is 1.41. The summed E-state index contributed by atoms with van der Waals surface area (Å²) in [6, 6.07) is 3.38. The highest BCUT2D eigenvalue weighted by Crippen LogP contribution is 2.34. The Morgan fingerprint density at radius 1 is 1.50 bits per heavy atom. The molecule has 0 amide bonds. The average molecular weight is 208 g/mol. The summed E-state index contributed by atoms with van der Waals surface area (Å²) < 4.78 is 0.743. The lowest BCUT2D eigenvalue weighted by atomic mass is 10.1. The van der Waals surface area contributed by atoms with Gasteiger partial charge in [-0.1, -0.05) is 0 Å². The number of hydrogen-bond donors (Lipinski definition) is 2. The molecular formula is C10H8O3S. The molecule has 0 aliphatic rings. The number of aromatic hydroxyl groups is 1. The molecule has 0 spiro atoms. The molecule has 0 aliphatic carbocycles. The average Bonchev–Trinajstić information content (AvgIpc) is 2.58. The van der Waals surface area contributed by atoms with Gasteiger partial charge in [0, 0.05) is 5.56 Å². The van der Waals surface area contributed by atoms with E-state index in [1.165, 1.54) is 11.3 Å². The molecule has 72 valence electrons. The fraction of sp³-hybridized carbons (Fsp3) is 0.100. The first-order valence-corrected chi connectivity index (χ1v) is 4.92. The number of benzene rings is 1. The van der Waals surface area contributed by atoms with Crippen LogP contribution in [0.4, 0.5) is 0 Å². The summed E-state index contributed by atoms with van der Waals surface area (Å²) >= 11 is 1.41. The maximum absolute atomic E-state index is 10.8. The van der Waals surface area contributed by atoms with Gasteiger partial charge in [0.2, 0.25) is 0 Å². The van der Waals surface area contributed by atoms with Gasteiger partial charge in [-0.3, -0.25) is 0 Å². The highest BCUT2D eigenvalue weighted by Gasteiger charge is 2.14. The van der Waals surface area contributed by atoms with Crippen LogP contribution < -0.4 is 0 Å². The number of phenols is 1. The van der Waals surface area contributed by atoms with Gasteiger partial charge in [0.15, 0.2) is 0 Å². The number of carboxylic acids is 1. The van der Waals surface area contributed by atoms with Crippen LogP contribution in [0.1, 0.15) is 15.9 Å². The maximum Gasteiger partial charge on any atom is 0.336 e. The molecule has 0 atom stereocenters. The predicted octanol–water partition coefficient (Wildman–Crippen LogP) is 2.61. The van der Waals surface area contributed by atoms with Gasteiger partial charge in [0.05, 0.1) is 10.3 Å². The molecule has 0 saturated carbocycles. The van der Waals surface area contributed by atoms with Crippen LogP contribution in [0.2, 0.25) is 0 Å². The van der Waals surface area contributed by atoms with Crippen molar-refractivity contribution in [3.63, 3.8) is 0 Å². The number of aromatic carboxylic acids is 1. The van der Waals surface area contributed by atoms with Crippen molar-refractivity contribution in [1.82, 2.24) is 0 Å². The third-order valence-electron chi connectivity index (χ3n) is 2.20. The van der Waals surface area contributed by atoms with Crippen molar-refractivity contribution in [3.8, 4) is 5.75 Å². The van der Waals surface area contributed by atoms with E-state index in [0.29, 0.717) is 5.56 Å². The first kappa shape index (κ1) is 9.02. The van der Waals surface area contributed by atoms with E-state index in [9.17, 15) is 9.90 Å². The number of carbonyl (C=O) groups is 1. The summed E-state index contributed by atoms with van der Waals surface area (Å²) in [6.07, 6.45) is 0. The van der Waals surface area contributed by atoms with Crippen LogP contribution in [0, 0.1) is 6.92 Å². The number of fused-ring (bicyclic) bond motifs is 1. The van der Waals surface area contributed by atoms with Crippen LogP contribution in [-0.4, -0.2) is 16.2 Å². The number of rotatable bonds is 1. The van der Waals surface area contributed by atoms with E-state index >= 15 is 0 Å². The molecule has 0 saturated heterocycles. The van der Waals surface area contributed by atoms with Gasteiger partial charge in [-0.15, -0.1) is 11.3 Å². The van der Waals surface area contributed by atoms with Crippen LogP contribution in [0.15, 0.2) is 17.5 Å². The standard InChI is InChI=1S/C10H8O3S/c1-5-7(10(12)13)4-6-2-3-14-9(6)8(5)11/h2-4,11H,1H3,(H,12,13). The number of hydrogen-bond acceptors (Lipinski definition) is 3. The van der Waals surface area contributed by atoms with E-state index in [-0.39, 0.29) is 11.3 Å². The Hall–Kier alpha value is -1.55. The zero-order valence-corrected chi connectivity index (χ0v) is 8.26. The minimum absolute atomic E-state index is 0.0786. The largest absolute Gasteiger partial charge is 0.506 e. The van der Waals surface area contributed by atoms with Crippen molar-refractivity contribution in [1.29, 1.82) is 0 Å². The molecule has 0 aliphatic heterocycles. The summed E-state index contributed by atoms with van der Waals surface area (Å²) in [5.74, 6) is -0.930. The third kappa shape index (κ3) is 1.15. The van der Waals surface area contributed by atoms with Crippen molar-refractivity contribution >= 4 is 27.4 Å². The SMILES string of the molecule is Cc1c(C(=O)O)cc2ccsc2c1O. The zero-order chi connectivity index (χ0) is 10.3. The lowest BCUT2D eigenvalue weighted by Gasteiger charge is -2.04. The monoisotopic (exact) mass is 208 g/mol. The second-order valence-corrected chi connectivity index (χ2v) is 3.96. The second kappa shape index (κ2) is 2.99. The lowest BCUT2D eigenvalue weighted by molar-refractivity contribution is 0.0696. The summed E-state index contributed by atoms with van der Waals surface area (Å²) in [6.45, 7) is 1.61. The highest BCUT2D eigenvalue weighted by atomic mass is 32.1. The molecule has 1 aromatic heterocycles. The molecule has 14 heavy (non-hydrogen) atoms. The summed E-state index contributed by atoms with van der Waals surface area (Å²) in [4.78, 5) is 10.8. The van der Waals surface area contributed by atoms with Crippen molar-refractivity contribution in [2.45, 2.75) is 6.92 Å². The van der Waals surface area contributed by atoms with Gasteiger partial charge in [-0.2, -0.15) is 0 Å². The van der Waals surface area contributed by atoms with E-state index in [1.807, 2.05) is 5.38 Å². The van der Waals surface area contributed by atoms with Gasteiger partial charge < -0.3 is 10.2 Å². The van der Waals surface area contributed by atoms with E-state index < -0.39 is 5.97 Å². The van der Waals surface area contributed by atoms with Crippen molar-refractivity contribution in [2.75, 3.05) is 0 Å². The highest BCUT2D eigenvalue weighted by molar-refractivity contribution is 7.17. The zero-order valence-electron chi connectivity index (χ0n) is 7.44. The van der Waals surface area contributed by atoms with Gasteiger partial charge in [-0.25, -0.2) is 4.79 Å². The first-order valence-electron chi connectivity index (χ1n) is 4.04. The topological polar surface area (TPSA) is 57.5 Å². The molecule has 2 aromatic rings. The summed E-state index contributed by atoms with van der Waals surface area (Å²) in [7, 11) is 0. The van der Waals surface area contributed by atoms with E-state index in [2.05, 4.69) is 0 Å². The predicted molar refractivity (Wildman–Crippen MR) is 55.2 cm³/mol. The molecular weight excluding hydrogens is 200 g/mol. The van der Waals surface area contributed by atoms with Crippen LogP contribution in [-0.2, 0) is 0 Å². The molecule has 1 aromatic carbocycles. The molecule has 2 N–H and O–H groups in total. The molecule has 3 nitrogen and oxygen atoms in total. The van der Waals surface area contributed by atoms with Crippen LogP contribution >= 0.6 is 11.3 Å². The van der Waals surface area contributed by atoms with E-state index in [1.54, 1.807) is 19.1 Å². The van der Waals surface area contributed by atoms with Crippen molar-refractivity contribution in [3.05, 3.63) is 28.6 Å². The third-order valence-corrected chi connectivity index (χ3v) is 3.14. The molecule has 0 fully saturated rings. The minimum atomic E-state index is -1.01. The molecule has 2 rings (SSSR count). The number of thiophene rings is 1. The molecule has 4 heteroatoms. The Labute approximate surface area is 84.2 Å². The van der Waals surface area contributed by atoms with Gasteiger partial charge >= 0.3 is 5.97 Å². The van der Waals surface area contributed by atoms with E-state index in [0.717, 1.165) is 10.1 Å². The number of carboxylic acid groups (broad SMARTS) is 1. The van der Waals surface area contributed by atoms with Crippen molar-refractivity contribution < 1.29 is 15.0 Å². The second-order valence-electron chi connectivity index (χ2n) is 3.04. The lowest BCUT2D eigenvalue weighted by Crippen LogP contribution is -1.99. The van der Waals surface area contributed by atoms with Gasteiger partial charge in [-0.05, 0) is 29.8 Å². The van der Waals surface area contributed by atoms with Crippen LogP contribution in [0.3, 0.4) is 0 Å². The fourth-order valence-corrected chi connectivity index (χ4v) is 2.29. The molecule has 1 heterocycles. The Kier molecular flexibility index (Phi) is 1.93. The smallest absolute Gasteiger partial charge is 0.336 e. The van der Waals surface area contributed by atoms with Crippen molar-refractivity contribution in [2.24, 2.45) is 0 Å². The van der Waals surface area contributed by atoms with E-state index in [4.69, 9.17) is 5.11 Å². The number of phenolic OH excluding ortho intramolecular Hbond substituents is 1. The normalized spacial score (nSPS) is 10.6. The minimum Gasteiger partial charge on any atom is -0.506 e. The summed E-state index contributed by atoms with van der Waals surface area (Å²) in [5, 5.41) is 21.2. The Bertz CT molecular complexity index is 513.